The van der Waals surface area contributed by atoms with Crippen molar-refractivity contribution in [3.05, 3.63) is 11.8 Å². The zero-order chi connectivity index (χ0) is 14.0. The minimum Gasteiger partial charge on any atom is -0.472 e. The number of nitrogens with zero attached hydrogens (tertiary/aromatic N) is 2. The summed E-state index contributed by atoms with van der Waals surface area (Å²) in [6, 6.07) is 0.360. The van der Waals surface area contributed by atoms with E-state index in [0.29, 0.717) is 11.9 Å². The summed E-state index contributed by atoms with van der Waals surface area (Å²) in [6.07, 6.45) is 2.61. The first-order valence-electron chi connectivity index (χ1n) is 6.34. The summed E-state index contributed by atoms with van der Waals surface area (Å²) in [5.41, 5.74) is 0.399. The van der Waals surface area contributed by atoms with Gasteiger partial charge in [0.25, 0.3) is 0 Å². The number of hydrogen-bond acceptors (Lipinski definition) is 4. The second-order valence-electron chi connectivity index (χ2n) is 6.27. The van der Waals surface area contributed by atoms with Crippen LogP contribution in [-0.4, -0.2) is 21.2 Å². The quantitative estimate of drug-likeness (QED) is 0.827. The molecule has 0 spiro atoms. The molecule has 0 unspecified atom stereocenters. The first kappa shape index (κ1) is 14.7. The molecule has 0 aromatic carbocycles. The summed E-state index contributed by atoms with van der Waals surface area (Å²) >= 11 is 0. The molecule has 4 heteroatoms. The smallest absolute Gasteiger partial charge is 0.320 e. The molecule has 1 heterocycles. The SMILES string of the molecule is CCc1cnc(OC(C)(C)C)nc1OC(C)(C)C. The third-order valence-corrected chi connectivity index (χ3v) is 1.98. The molecule has 4 nitrogen and oxygen atoms in total. The lowest BCUT2D eigenvalue weighted by atomic mass is 10.2. The van der Waals surface area contributed by atoms with Crippen molar-refractivity contribution in [2.45, 2.75) is 66.1 Å². The number of rotatable bonds is 3. The predicted molar refractivity (Wildman–Crippen MR) is 72.2 cm³/mol. The van der Waals surface area contributed by atoms with Crippen LogP contribution in [0.4, 0.5) is 0 Å². The summed E-state index contributed by atoms with van der Waals surface area (Å²) < 4.78 is 11.5. The third-order valence-electron chi connectivity index (χ3n) is 1.98. The molecule has 0 aliphatic carbocycles. The molecule has 1 rings (SSSR count). The van der Waals surface area contributed by atoms with Crippen molar-refractivity contribution in [1.29, 1.82) is 0 Å². The monoisotopic (exact) mass is 252 g/mol. The van der Waals surface area contributed by atoms with Crippen LogP contribution in [0.2, 0.25) is 0 Å². The molecule has 0 atom stereocenters. The molecule has 0 radical (unpaired) electrons. The van der Waals surface area contributed by atoms with Crippen molar-refractivity contribution >= 4 is 0 Å². The Kier molecular flexibility index (Phi) is 4.20. The molecule has 0 aliphatic rings. The summed E-state index contributed by atoms with van der Waals surface area (Å²) in [7, 11) is 0. The highest BCUT2D eigenvalue weighted by Crippen LogP contribution is 2.24. The van der Waals surface area contributed by atoms with Gasteiger partial charge < -0.3 is 9.47 Å². The molecular formula is C14H24N2O2. The van der Waals surface area contributed by atoms with Crippen molar-refractivity contribution < 1.29 is 9.47 Å². The molecule has 0 amide bonds. The maximum absolute atomic E-state index is 5.85. The summed E-state index contributed by atoms with van der Waals surface area (Å²) in [4.78, 5) is 8.57. The van der Waals surface area contributed by atoms with E-state index in [9.17, 15) is 0 Å². The van der Waals surface area contributed by atoms with Crippen molar-refractivity contribution in [2.75, 3.05) is 0 Å². The number of hydrogen-bond donors (Lipinski definition) is 0. The fourth-order valence-electron chi connectivity index (χ4n) is 1.32. The van der Waals surface area contributed by atoms with E-state index in [1.807, 2.05) is 41.5 Å². The topological polar surface area (TPSA) is 44.2 Å². The van der Waals surface area contributed by atoms with E-state index >= 15 is 0 Å². The number of aromatic nitrogens is 2. The number of ether oxygens (including phenoxy) is 2. The van der Waals surface area contributed by atoms with Crippen LogP contribution < -0.4 is 9.47 Å². The van der Waals surface area contributed by atoms with Crippen LogP contribution in [0.25, 0.3) is 0 Å². The van der Waals surface area contributed by atoms with Gasteiger partial charge in [-0.2, -0.15) is 4.98 Å². The lowest BCUT2D eigenvalue weighted by molar-refractivity contribution is 0.102. The van der Waals surface area contributed by atoms with Crippen LogP contribution in [0.5, 0.6) is 11.9 Å². The molecule has 0 saturated carbocycles. The van der Waals surface area contributed by atoms with Crippen molar-refractivity contribution in [3.63, 3.8) is 0 Å². The van der Waals surface area contributed by atoms with Gasteiger partial charge in [0, 0.05) is 11.8 Å². The minimum absolute atomic E-state index is 0.280. The first-order chi connectivity index (χ1) is 8.11. The molecule has 1 aromatic rings. The van der Waals surface area contributed by atoms with Gasteiger partial charge in [-0.1, -0.05) is 6.92 Å². The average molecular weight is 252 g/mol. The van der Waals surface area contributed by atoms with E-state index in [1.165, 1.54) is 0 Å². The van der Waals surface area contributed by atoms with Crippen LogP contribution >= 0.6 is 0 Å². The van der Waals surface area contributed by atoms with Crippen LogP contribution in [0.1, 0.15) is 54.0 Å². The maximum atomic E-state index is 5.85. The third kappa shape index (κ3) is 4.90. The zero-order valence-electron chi connectivity index (χ0n) is 12.5. The van der Waals surface area contributed by atoms with Crippen LogP contribution in [0.3, 0.4) is 0 Å². The predicted octanol–water partition coefficient (Wildman–Crippen LogP) is 3.39. The summed E-state index contributed by atoms with van der Waals surface area (Å²) in [5.74, 6) is 0.610. The van der Waals surface area contributed by atoms with Gasteiger partial charge in [-0.25, -0.2) is 4.98 Å². The second-order valence-corrected chi connectivity index (χ2v) is 6.27. The lowest BCUT2D eigenvalue weighted by Gasteiger charge is -2.23. The highest BCUT2D eigenvalue weighted by molar-refractivity contribution is 5.25. The summed E-state index contributed by atoms with van der Waals surface area (Å²) in [6.45, 7) is 14.0. The highest BCUT2D eigenvalue weighted by atomic mass is 16.5. The molecule has 0 saturated heterocycles. The fraction of sp³-hybridized carbons (Fsp3) is 0.714. The first-order valence-corrected chi connectivity index (χ1v) is 6.34. The molecule has 18 heavy (non-hydrogen) atoms. The van der Waals surface area contributed by atoms with Crippen LogP contribution in [-0.2, 0) is 6.42 Å². The Morgan fingerprint density at radius 1 is 1.00 bits per heavy atom. The van der Waals surface area contributed by atoms with E-state index in [4.69, 9.17) is 9.47 Å². The standard InChI is InChI=1S/C14H24N2O2/c1-8-10-9-15-12(18-14(5,6)7)16-11(10)17-13(2,3)4/h9H,8H2,1-7H3. The zero-order valence-corrected chi connectivity index (χ0v) is 12.5. The van der Waals surface area contributed by atoms with Gasteiger partial charge in [0.2, 0.25) is 5.88 Å². The molecule has 1 aromatic heterocycles. The van der Waals surface area contributed by atoms with E-state index in [1.54, 1.807) is 6.20 Å². The van der Waals surface area contributed by atoms with Gasteiger partial charge in [-0.05, 0) is 48.0 Å². The molecular weight excluding hydrogens is 228 g/mol. The highest BCUT2D eigenvalue weighted by Gasteiger charge is 2.19. The molecule has 0 bridgehead atoms. The van der Waals surface area contributed by atoms with Crippen LogP contribution in [0, 0.1) is 0 Å². The average Bonchev–Trinajstić information content (AvgIpc) is 2.12. The molecule has 102 valence electrons. The Labute approximate surface area is 110 Å². The van der Waals surface area contributed by atoms with Crippen molar-refractivity contribution in [1.82, 2.24) is 9.97 Å². The second kappa shape index (κ2) is 5.12. The van der Waals surface area contributed by atoms with Crippen molar-refractivity contribution in [2.24, 2.45) is 0 Å². The maximum Gasteiger partial charge on any atom is 0.320 e. The largest absolute Gasteiger partial charge is 0.472 e. The van der Waals surface area contributed by atoms with Crippen LogP contribution in [0.15, 0.2) is 6.20 Å². The Balaban J connectivity index is 3.02. The Morgan fingerprint density at radius 2 is 1.56 bits per heavy atom. The van der Waals surface area contributed by atoms with Gasteiger partial charge in [0.05, 0.1) is 0 Å². The lowest BCUT2D eigenvalue weighted by Crippen LogP contribution is -2.26. The van der Waals surface area contributed by atoms with Gasteiger partial charge in [-0.3, -0.25) is 0 Å². The van der Waals surface area contributed by atoms with E-state index in [0.717, 1.165) is 12.0 Å². The van der Waals surface area contributed by atoms with Gasteiger partial charge in [0.15, 0.2) is 0 Å². The van der Waals surface area contributed by atoms with Crippen molar-refractivity contribution in [3.8, 4) is 11.9 Å². The molecule has 0 fully saturated rings. The number of aryl methyl sites for hydroxylation is 1. The fourth-order valence-corrected chi connectivity index (χ4v) is 1.32. The summed E-state index contributed by atoms with van der Waals surface area (Å²) in [5, 5.41) is 0. The minimum atomic E-state index is -0.313. The van der Waals surface area contributed by atoms with Gasteiger partial charge in [0.1, 0.15) is 11.2 Å². The Morgan fingerprint density at radius 3 is 2.00 bits per heavy atom. The molecule has 0 N–H and O–H groups in total. The van der Waals surface area contributed by atoms with E-state index in [-0.39, 0.29) is 11.2 Å². The Hall–Kier alpha value is -1.32. The normalized spacial score (nSPS) is 12.4. The van der Waals surface area contributed by atoms with E-state index < -0.39 is 0 Å². The van der Waals surface area contributed by atoms with Gasteiger partial charge >= 0.3 is 6.01 Å². The Bertz CT molecular complexity index is 403. The van der Waals surface area contributed by atoms with E-state index in [2.05, 4.69) is 16.9 Å². The van der Waals surface area contributed by atoms with Gasteiger partial charge in [-0.15, -0.1) is 0 Å². The molecule has 0 aliphatic heterocycles.